The molecule has 2 atom stereocenters. The van der Waals surface area contributed by atoms with E-state index in [2.05, 4.69) is 5.32 Å². The van der Waals surface area contributed by atoms with Crippen molar-refractivity contribution in [1.82, 2.24) is 10.2 Å². The molecule has 2 unspecified atom stereocenters. The Morgan fingerprint density at radius 3 is 2.97 bits per heavy atom. The number of urea groups is 1. The Morgan fingerprint density at radius 2 is 2.17 bits per heavy atom. The van der Waals surface area contributed by atoms with Crippen LogP contribution in [0.25, 0.3) is 0 Å². The van der Waals surface area contributed by atoms with E-state index in [-0.39, 0.29) is 25.5 Å². The zero-order valence-electron chi connectivity index (χ0n) is 16.5. The number of rotatable bonds is 8. The minimum atomic E-state index is -0.661. The van der Waals surface area contributed by atoms with E-state index in [9.17, 15) is 9.59 Å². The molecule has 0 spiro atoms. The van der Waals surface area contributed by atoms with Crippen LogP contribution in [0.1, 0.15) is 6.42 Å². The lowest BCUT2D eigenvalue weighted by molar-refractivity contribution is -0.143. The Hall–Kier alpha value is -2.33. The number of methoxy groups -OCH3 is 1. The molecule has 0 bridgehead atoms. The van der Waals surface area contributed by atoms with Gasteiger partial charge < -0.3 is 33.9 Å². The lowest BCUT2D eigenvalue weighted by Crippen LogP contribution is -2.54. The Balaban J connectivity index is 1.50. The van der Waals surface area contributed by atoms with Gasteiger partial charge in [-0.2, -0.15) is 11.8 Å². The topological polar surface area (TPSA) is 95.6 Å². The van der Waals surface area contributed by atoms with E-state index in [0.29, 0.717) is 43.4 Å². The van der Waals surface area contributed by atoms with Gasteiger partial charge in [0.25, 0.3) is 0 Å². The summed E-state index contributed by atoms with van der Waals surface area (Å²) in [7, 11) is 1.32. The van der Waals surface area contributed by atoms with Crippen LogP contribution in [0.5, 0.6) is 17.2 Å². The quantitative estimate of drug-likeness (QED) is 0.625. The monoisotopic (exact) mass is 426 g/mol. The summed E-state index contributed by atoms with van der Waals surface area (Å²) in [6, 6.07) is 4.39. The van der Waals surface area contributed by atoms with Gasteiger partial charge in [-0.3, -0.25) is 0 Å². The van der Waals surface area contributed by atoms with Gasteiger partial charge in [-0.05, 0) is 30.6 Å². The molecule has 1 N–H and O–H groups in total. The van der Waals surface area contributed by atoms with Crippen molar-refractivity contribution in [3.8, 4) is 17.2 Å². The number of hydrogen-bond donors (Lipinski definition) is 1. The van der Waals surface area contributed by atoms with Crippen molar-refractivity contribution in [2.75, 3.05) is 52.2 Å². The lowest BCUT2D eigenvalue weighted by atomic mass is 10.2. The van der Waals surface area contributed by atoms with Gasteiger partial charge >= 0.3 is 12.0 Å². The average molecular weight is 426 g/mol. The van der Waals surface area contributed by atoms with Crippen molar-refractivity contribution in [3.05, 3.63) is 18.2 Å². The molecular formula is C19H26N2O7S. The van der Waals surface area contributed by atoms with Crippen LogP contribution in [0.15, 0.2) is 18.2 Å². The number of carbonyl (C=O) groups excluding carboxylic acids is 2. The number of nitrogens with one attached hydrogen (secondary N) is 1. The number of hydrogen-bond acceptors (Lipinski definition) is 8. The van der Waals surface area contributed by atoms with Crippen LogP contribution >= 0.6 is 11.8 Å². The van der Waals surface area contributed by atoms with Gasteiger partial charge in [-0.1, -0.05) is 0 Å². The Kier molecular flexibility index (Phi) is 7.70. The van der Waals surface area contributed by atoms with Gasteiger partial charge in [0.15, 0.2) is 11.5 Å². The molecule has 3 rings (SSSR count). The molecule has 2 aliphatic rings. The molecule has 0 radical (unpaired) electrons. The molecule has 0 aromatic heterocycles. The Morgan fingerprint density at radius 1 is 1.34 bits per heavy atom. The first-order valence-electron chi connectivity index (χ1n) is 9.37. The van der Waals surface area contributed by atoms with Crippen LogP contribution in [0, 0.1) is 0 Å². The van der Waals surface area contributed by atoms with Crippen LogP contribution in [-0.2, 0) is 14.3 Å². The first-order valence-corrected chi connectivity index (χ1v) is 10.8. The third-order valence-corrected chi connectivity index (χ3v) is 5.24. The molecule has 1 aromatic carbocycles. The van der Waals surface area contributed by atoms with E-state index in [4.69, 9.17) is 23.7 Å². The molecule has 29 heavy (non-hydrogen) atoms. The second-order valence-electron chi connectivity index (χ2n) is 6.57. The molecule has 1 fully saturated rings. The summed E-state index contributed by atoms with van der Waals surface area (Å²) in [5, 5.41) is 2.77. The van der Waals surface area contributed by atoms with E-state index in [1.807, 2.05) is 6.26 Å². The zero-order valence-corrected chi connectivity index (χ0v) is 17.4. The first kappa shape index (κ1) is 21.4. The zero-order chi connectivity index (χ0) is 20.6. The normalized spacial score (nSPS) is 18.8. The van der Waals surface area contributed by atoms with Crippen molar-refractivity contribution in [2.45, 2.75) is 18.6 Å². The van der Waals surface area contributed by atoms with Crippen molar-refractivity contribution in [2.24, 2.45) is 0 Å². The van der Waals surface area contributed by atoms with Crippen LogP contribution < -0.4 is 19.5 Å². The molecule has 2 aliphatic heterocycles. The summed E-state index contributed by atoms with van der Waals surface area (Å²) in [4.78, 5) is 26.2. The van der Waals surface area contributed by atoms with E-state index < -0.39 is 12.0 Å². The Labute approximate surface area is 173 Å². The van der Waals surface area contributed by atoms with Crippen LogP contribution in [0.4, 0.5) is 4.79 Å². The standard InChI is InChI=1S/C19H26N2O7S/c1-24-18(22)15(5-8-29-2)20-19(23)21-6-7-25-14(10-21)11-26-13-3-4-16-17(9-13)28-12-27-16/h3-4,9,14-15H,5-8,10-12H2,1-2H3,(H,20,23). The fraction of sp³-hybridized carbons (Fsp3) is 0.579. The molecule has 9 nitrogen and oxygen atoms in total. The summed E-state index contributed by atoms with van der Waals surface area (Å²) in [6.07, 6.45) is 2.19. The van der Waals surface area contributed by atoms with E-state index in [1.54, 1.807) is 34.9 Å². The predicted molar refractivity (Wildman–Crippen MR) is 107 cm³/mol. The van der Waals surface area contributed by atoms with Crippen LogP contribution in [0.3, 0.4) is 0 Å². The van der Waals surface area contributed by atoms with Crippen molar-refractivity contribution >= 4 is 23.8 Å². The van der Waals surface area contributed by atoms with Crippen LogP contribution in [0.2, 0.25) is 0 Å². The smallest absolute Gasteiger partial charge is 0.328 e. The highest BCUT2D eigenvalue weighted by atomic mass is 32.2. The molecular weight excluding hydrogens is 400 g/mol. The molecule has 1 saturated heterocycles. The van der Waals surface area contributed by atoms with Gasteiger partial charge in [0.2, 0.25) is 6.79 Å². The number of thioether (sulfide) groups is 1. The third kappa shape index (κ3) is 5.83. The Bertz CT molecular complexity index is 718. The van der Waals surface area contributed by atoms with Gasteiger partial charge in [-0.15, -0.1) is 0 Å². The largest absolute Gasteiger partial charge is 0.491 e. The number of nitrogens with zero attached hydrogens (tertiary/aromatic N) is 1. The average Bonchev–Trinajstić information content (AvgIpc) is 3.22. The third-order valence-electron chi connectivity index (χ3n) is 4.60. The van der Waals surface area contributed by atoms with Crippen molar-refractivity contribution in [3.63, 3.8) is 0 Å². The molecule has 2 heterocycles. The van der Waals surface area contributed by atoms with Gasteiger partial charge in [0, 0.05) is 12.6 Å². The van der Waals surface area contributed by atoms with Crippen LogP contribution in [-0.4, -0.2) is 81.3 Å². The van der Waals surface area contributed by atoms with Gasteiger partial charge in [-0.25, -0.2) is 9.59 Å². The summed E-state index contributed by atoms with van der Waals surface area (Å²) >= 11 is 1.61. The fourth-order valence-corrected chi connectivity index (χ4v) is 3.50. The summed E-state index contributed by atoms with van der Waals surface area (Å²) in [5.41, 5.74) is 0. The van der Waals surface area contributed by atoms with E-state index in [0.717, 1.165) is 5.75 Å². The minimum absolute atomic E-state index is 0.206. The number of esters is 1. The predicted octanol–water partition coefficient (Wildman–Crippen LogP) is 1.50. The first-order chi connectivity index (χ1) is 14.1. The van der Waals surface area contributed by atoms with Crippen molar-refractivity contribution < 1.29 is 33.3 Å². The highest BCUT2D eigenvalue weighted by Crippen LogP contribution is 2.35. The highest BCUT2D eigenvalue weighted by molar-refractivity contribution is 7.98. The molecule has 1 aromatic rings. The van der Waals surface area contributed by atoms with Crippen molar-refractivity contribution in [1.29, 1.82) is 0 Å². The minimum Gasteiger partial charge on any atom is -0.491 e. The molecule has 160 valence electrons. The molecule has 0 aliphatic carbocycles. The maximum absolute atomic E-state index is 12.6. The van der Waals surface area contributed by atoms with Gasteiger partial charge in [0.1, 0.15) is 24.5 Å². The maximum Gasteiger partial charge on any atom is 0.328 e. The van der Waals surface area contributed by atoms with Gasteiger partial charge in [0.05, 0.1) is 20.3 Å². The number of fused-ring (bicyclic) bond motifs is 1. The second kappa shape index (κ2) is 10.4. The highest BCUT2D eigenvalue weighted by Gasteiger charge is 2.28. The SMILES string of the molecule is COC(=O)C(CCSC)NC(=O)N1CCOC(COc2ccc3c(c2)OCO3)C1. The molecule has 2 amide bonds. The fourth-order valence-electron chi connectivity index (χ4n) is 3.03. The van der Waals surface area contributed by atoms with E-state index >= 15 is 0 Å². The number of morpholine rings is 1. The second-order valence-corrected chi connectivity index (χ2v) is 7.56. The lowest BCUT2D eigenvalue weighted by Gasteiger charge is -2.33. The number of amides is 2. The molecule has 0 saturated carbocycles. The summed E-state index contributed by atoms with van der Waals surface area (Å²) in [5.74, 6) is 2.28. The maximum atomic E-state index is 12.6. The number of carbonyl (C=O) groups is 2. The number of benzene rings is 1. The summed E-state index contributed by atoms with van der Waals surface area (Å²) in [6.45, 7) is 1.71. The van der Waals surface area contributed by atoms with E-state index in [1.165, 1.54) is 7.11 Å². The number of ether oxygens (including phenoxy) is 5. The molecule has 10 heteroatoms. The summed E-state index contributed by atoms with van der Waals surface area (Å²) < 4.78 is 26.9.